The summed E-state index contributed by atoms with van der Waals surface area (Å²) in [6.45, 7) is 10.6. The number of piperidine rings is 1. The molecule has 0 saturated carbocycles. The molecule has 2 aliphatic rings. The van der Waals surface area contributed by atoms with Crippen LogP contribution >= 0.6 is 0 Å². The van der Waals surface area contributed by atoms with E-state index in [1.165, 1.54) is 29.5 Å². The van der Waals surface area contributed by atoms with Crippen molar-refractivity contribution in [2.75, 3.05) is 24.6 Å². The van der Waals surface area contributed by atoms with E-state index < -0.39 is 0 Å². The molecule has 2 aromatic heterocycles. The first-order valence-corrected chi connectivity index (χ1v) is 12.9. The minimum atomic E-state index is 0.230. The van der Waals surface area contributed by atoms with E-state index in [1.807, 2.05) is 19.2 Å². The largest absolute Gasteiger partial charge is 0.299 e. The normalized spacial score (nSPS) is 20.5. The number of aryl methyl sites for hydroxylation is 3. The van der Waals surface area contributed by atoms with E-state index in [1.54, 1.807) is 0 Å². The lowest BCUT2D eigenvalue weighted by molar-refractivity contribution is 0.153. The van der Waals surface area contributed by atoms with Gasteiger partial charge in [0.15, 0.2) is 0 Å². The first kappa shape index (κ1) is 22.9. The van der Waals surface area contributed by atoms with Crippen molar-refractivity contribution in [2.45, 2.75) is 46.2 Å². The Labute approximate surface area is 212 Å². The number of anilines is 1. The number of hydrogen-bond acceptors (Lipinski definition) is 6. The van der Waals surface area contributed by atoms with Crippen LogP contribution in [0.3, 0.4) is 0 Å². The molecule has 1 N–H and O–H groups in total. The highest BCUT2D eigenvalue weighted by Gasteiger charge is 2.32. The molecule has 2 aliphatic heterocycles. The van der Waals surface area contributed by atoms with Crippen LogP contribution in [0.2, 0.25) is 0 Å². The molecule has 4 aromatic rings. The van der Waals surface area contributed by atoms with E-state index in [0.29, 0.717) is 5.92 Å². The van der Waals surface area contributed by atoms with Gasteiger partial charge >= 0.3 is 0 Å². The number of nitrogens with one attached hydrogen (secondary N) is 1. The van der Waals surface area contributed by atoms with Crippen LogP contribution in [-0.2, 0) is 6.54 Å². The smallest absolute Gasteiger partial charge is 0.100 e. The maximum Gasteiger partial charge on any atom is 0.100 e. The van der Waals surface area contributed by atoms with Gasteiger partial charge < -0.3 is 0 Å². The molecule has 7 nitrogen and oxygen atoms in total. The molecule has 0 bridgehead atoms. The lowest BCUT2D eigenvalue weighted by Gasteiger charge is -2.35. The van der Waals surface area contributed by atoms with Gasteiger partial charge in [0, 0.05) is 35.9 Å². The van der Waals surface area contributed by atoms with E-state index in [0.717, 1.165) is 59.7 Å². The second-order valence-corrected chi connectivity index (χ2v) is 10.4. The molecule has 2 atom stereocenters. The molecule has 0 amide bonds. The number of nitrogens with zero attached hydrogens (tertiary/aromatic N) is 6. The van der Waals surface area contributed by atoms with E-state index >= 15 is 0 Å². The van der Waals surface area contributed by atoms with Crippen molar-refractivity contribution in [1.29, 1.82) is 0 Å². The number of pyridine rings is 1. The highest BCUT2D eigenvalue weighted by atomic mass is 15.6. The molecule has 4 heterocycles. The van der Waals surface area contributed by atoms with Gasteiger partial charge in [0.25, 0.3) is 0 Å². The first-order chi connectivity index (χ1) is 17.5. The van der Waals surface area contributed by atoms with Gasteiger partial charge in [-0.2, -0.15) is 10.2 Å². The Hall–Kier alpha value is -3.58. The third kappa shape index (κ3) is 4.39. The average molecular weight is 480 g/mol. The molecule has 2 aromatic carbocycles. The molecule has 1 fully saturated rings. The molecular formula is C29H33N7. The fourth-order valence-electron chi connectivity index (χ4n) is 5.73. The van der Waals surface area contributed by atoms with Crippen LogP contribution in [0, 0.1) is 26.7 Å². The van der Waals surface area contributed by atoms with Gasteiger partial charge in [0.2, 0.25) is 0 Å². The number of aromatic amines is 1. The molecular weight excluding hydrogens is 446 g/mol. The summed E-state index contributed by atoms with van der Waals surface area (Å²) in [5.74, 6) is 0.532. The van der Waals surface area contributed by atoms with E-state index in [9.17, 15) is 0 Å². The maximum atomic E-state index is 4.75. The summed E-state index contributed by atoms with van der Waals surface area (Å²) in [7, 11) is 0. The van der Waals surface area contributed by atoms with Crippen LogP contribution in [0.4, 0.5) is 5.69 Å². The van der Waals surface area contributed by atoms with Crippen molar-refractivity contribution in [3.05, 3.63) is 77.1 Å². The first-order valence-electron chi connectivity index (χ1n) is 12.9. The Kier molecular flexibility index (Phi) is 6.01. The summed E-state index contributed by atoms with van der Waals surface area (Å²) in [6, 6.07) is 17.3. The number of H-pyrrole nitrogens is 1. The molecule has 0 spiro atoms. The Bertz CT molecular complexity index is 1400. The zero-order valence-corrected chi connectivity index (χ0v) is 21.3. The predicted molar refractivity (Wildman–Crippen MR) is 144 cm³/mol. The van der Waals surface area contributed by atoms with Crippen LogP contribution in [0.25, 0.3) is 22.2 Å². The highest BCUT2D eigenvalue weighted by molar-refractivity contribution is 5.95. The lowest BCUT2D eigenvalue weighted by Crippen LogP contribution is -2.41. The van der Waals surface area contributed by atoms with Crippen LogP contribution in [0.1, 0.15) is 35.2 Å². The standard InChI is InChI=1S/C29H33N7/c1-19-6-4-7-20(2)26(19)17-35-13-5-8-23(16-35)28-18-36(34-32-28)24-9-10-27-25(15-24)29(33-31-27)22-11-12-30-21(3)14-22/h4,6-7,9-12,14-15,23,28H,5,8,13,16-18H2,1-3H3,(H,31,33)/t23?,28-/m0/s1. The number of rotatable bonds is 5. The molecule has 1 saturated heterocycles. The van der Waals surface area contributed by atoms with Crippen molar-refractivity contribution in [2.24, 2.45) is 16.3 Å². The Morgan fingerprint density at radius 2 is 1.86 bits per heavy atom. The molecule has 184 valence electrons. The summed E-state index contributed by atoms with van der Waals surface area (Å²) >= 11 is 0. The second kappa shape index (κ2) is 9.47. The Morgan fingerprint density at radius 1 is 1.00 bits per heavy atom. The third-order valence-electron chi connectivity index (χ3n) is 7.79. The van der Waals surface area contributed by atoms with Crippen molar-refractivity contribution >= 4 is 16.6 Å². The van der Waals surface area contributed by atoms with Crippen molar-refractivity contribution < 1.29 is 0 Å². The average Bonchev–Trinajstić information content (AvgIpc) is 3.54. The van der Waals surface area contributed by atoms with Gasteiger partial charge in [-0.1, -0.05) is 23.4 Å². The molecule has 0 radical (unpaired) electrons. The Morgan fingerprint density at radius 3 is 2.69 bits per heavy atom. The van der Waals surface area contributed by atoms with Crippen LogP contribution in [0.5, 0.6) is 0 Å². The topological polar surface area (TPSA) is 72.8 Å². The maximum absolute atomic E-state index is 4.75. The summed E-state index contributed by atoms with van der Waals surface area (Å²) in [6.07, 6.45) is 4.27. The fourth-order valence-corrected chi connectivity index (χ4v) is 5.73. The summed E-state index contributed by atoms with van der Waals surface area (Å²) < 4.78 is 0. The summed E-state index contributed by atoms with van der Waals surface area (Å²) in [5.41, 5.74) is 9.32. The Balaban J connectivity index is 1.17. The van der Waals surface area contributed by atoms with Crippen LogP contribution < -0.4 is 5.01 Å². The fraction of sp³-hybridized carbons (Fsp3) is 0.379. The van der Waals surface area contributed by atoms with Gasteiger partial charge in [-0.3, -0.25) is 15.0 Å². The van der Waals surface area contributed by atoms with Gasteiger partial charge in [-0.05, 0) is 93.1 Å². The minimum absolute atomic E-state index is 0.230. The number of hydrogen-bond donors (Lipinski definition) is 1. The van der Waals surface area contributed by atoms with E-state index in [2.05, 4.69) is 86.6 Å². The molecule has 6 rings (SSSR count). The molecule has 7 heteroatoms. The summed E-state index contributed by atoms with van der Waals surface area (Å²) in [4.78, 5) is 6.94. The number of aromatic nitrogens is 3. The van der Waals surface area contributed by atoms with Gasteiger partial charge in [0.05, 0.1) is 23.8 Å². The van der Waals surface area contributed by atoms with E-state index in [4.69, 9.17) is 5.11 Å². The van der Waals surface area contributed by atoms with Gasteiger partial charge in [-0.25, -0.2) is 5.01 Å². The van der Waals surface area contributed by atoms with E-state index in [-0.39, 0.29) is 6.04 Å². The molecule has 0 aliphatic carbocycles. The zero-order valence-electron chi connectivity index (χ0n) is 21.3. The number of likely N-dealkylation sites (tertiary alicyclic amines) is 1. The predicted octanol–water partition coefficient (Wildman–Crippen LogP) is 6.02. The third-order valence-corrected chi connectivity index (χ3v) is 7.79. The zero-order chi connectivity index (χ0) is 24.6. The quantitative estimate of drug-likeness (QED) is 0.380. The van der Waals surface area contributed by atoms with Crippen molar-refractivity contribution in [3.8, 4) is 11.3 Å². The van der Waals surface area contributed by atoms with Crippen molar-refractivity contribution in [3.63, 3.8) is 0 Å². The van der Waals surface area contributed by atoms with Crippen molar-refractivity contribution in [1.82, 2.24) is 20.1 Å². The van der Waals surface area contributed by atoms with Gasteiger partial charge in [0.1, 0.15) is 5.69 Å². The molecule has 36 heavy (non-hydrogen) atoms. The number of benzene rings is 2. The second-order valence-electron chi connectivity index (χ2n) is 10.4. The minimum Gasteiger partial charge on any atom is -0.299 e. The van der Waals surface area contributed by atoms with Crippen LogP contribution in [-0.4, -0.2) is 45.8 Å². The number of fused-ring (bicyclic) bond motifs is 1. The monoisotopic (exact) mass is 479 g/mol. The highest BCUT2D eigenvalue weighted by Crippen LogP contribution is 2.33. The lowest BCUT2D eigenvalue weighted by atomic mass is 9.90. The SMILES string of the molecule is Cc1cc(-c2n[nH]c3ccc(N4C[C@@H](C5CCCN(Cc6c(C)cccc6C)C5)N=N4)cc23)ccn1. The van der Waals surface area contributed by atoms with Crippen LogP contribution in [0.15, 0.2) is 65.1 Å². The molecule has 1 unspecified atom stereocenters. The summed E-state index contributed by atoms with van der Waals surface area (Å²) in [5, 5.41) is 20.3. The van der Waals surface area contributed by atoms with Gasteiger partial charge in [-0.15, -0.1) is 0 Å².